The van der Waals surface area contributed by atoms with Crippen molar-refractivity contribution in [2.75, 3.05) is 7.11 Å². The summed E-state index contributed by atoms with van der Waals surface area (Å²) in [5.74, 6) is 0.904. The van der Waals surface area contributed by atoms with Crippen LogP contribution in [0.4, 0.5) is 0 Å². The number of hydrogen-bond acceptors (Lipinski definition) is 2. The molecule has 0 spiro atoms. The molecule has 0 radical (unpaired) electrons. The third-order valence-corrected chi connectivity index (χ3v) is 3.37. The molecular formula is C14H15NO2. The van der Waals surface area contributed by atoms with Crippen LogP contribution >= 0.6 is 0 Å². The first kappa shape index (κ1) is 10.4. The van der Waals surface area contributed by atoms with Crippen molar-refractivity contribution in [3.05, 3.63) is 41.1 Å². The number of benzene rings is 1. The topological polar surface area (TPSA) is 45.2 Å². The van der Waals surface area contributed by atoms with E-state index in [2.05, 4.69) is 23.2 Å². The Labute approximate surface area is 100 Å². The van der Waals surface area contributed by atoms with Gasteiger partial charge in [-0.2, -0.15) is 0 Å². The number of aromatic amines is 1. The number of hydrogen-bond donors (Lipinski definition) is 2. The Hall–Kier alpha value is -1.74. The highest BCUT2D eigenvalue weighted by molar-refractivity contribution is 5.71. The van der Waals surface area contributed by atoms with Crippen molar-refractivity contribution in [3.8, 4) is 17.0 Å². The van der Waals surface area contributed by atoms with E-state index >= 15 is 0 Å². The first-order chi connectivity index (χ1) is 8.31. The lowest BCUT2D eigenvalue weighted by Gasteiger charge is -2.17. The normalized spacial score (nSPS) is 13.1. The summed E-state index contributed by atoms with van der Waals surface area (Å²) in [6.45, 7) is 0.0679. The monoisotopic (exact) mass is 229 g/mol. The Morgan fingerprint density at radius 1 is 1.24 bits per heavy atom. The van der Waals surface area contributed by atoms with Crippen molar-refractivity contribution in [2.45, 2.75) is 19.4 Å². The van der Waals surface area contributed by atoms with E-state index in [0.717, 1.165) is 30.0 Å². The van der Waals surface area contributed by atoms with Crippen LogP contribution in [0.25, 0.3) is 11.3 Å². The van der Waals surface area contributed by atoms with Gasteiger partial charge in [0.05, 0.1) is 13.7 Å². The second-order valence-corrected chi connectivity index (χ2v) is 4.38. The minimum Gasteiger partial charge on any atom is -0.497 e. The molecule has 2 aromatic rings. The molecule has 3 heteroatoms. The minimum absolute atomic E-state index is 0.0679. The van der Waals surface area contributed by atoms with Crippen LogP contribution in [-0.4, -0.2) is 17.2 Å². The molecule has 3 nitrogen and oxygen atoms in total. The first-order valence-electron chi connectivity index (χ1n) is 5.80. The van der Waals surface area contributed by atoms with Crippen LogP contribution in [0.15, 0.2) is 24.3 Å². The number of rotatable bonds is 2. The lowest BCUT2D eigenvalue weighted by Crippen LogP contribution is -2.02. The molecule has 1 aliphatic carbocycles. The van der Waals surface area contributed by atoms with Crippen LogP contribution in [-0.2, 0) is 19.4 Å². The molecule has 1 aromatic heterocycles. The van der Waals surface area contributed by atoms with E-state index in [1.807, 2.05) is 6.07 Å². The summed E-state index contributed by atoms with van der Waals surface area (Å²) >= 11 is 0. The molecule has 88 valence electrons. The number of nitrogens with one attached hydrogen (secondary N) is 1. The standard InChI is InChI=1S/C14H15NO2/c1-17-12-4-5-13-9(7-12)2-3-10-6-11(8-16)15-14(10)13/h4-7,15-16H,2-3,8H2,1H3. The number of aliphatic hydroxyl groups excluding tert-OH is 1. The summed E-state index contributed by atoms with van der Waals surface area (Å²) in [4.78, 5) is 3.29. The Balaban J connectivity index is 2.12. The Bertz CT molecular complexity index is 557. The molecule has 0 unspecified atom stereocenters. The van der Waals surface area contributed by atoms with Crippen LogP contribution in [0, 0.1) is 0 Å². The number of methoxy groups -OCH3 is 1. The molecule has 1 heterocycles. The van der Waals surface area contributed by atoms with Gasteiger partial charge in [0.15, 0.2) is 0 Å². The predicted octanol–water partition coefficient (Wildman–Crippen LogP) is 2.28. The van der Waals surface area contributed by atoms with Gasteiger partial charge in [0.1, 0.15) is 5.75 Å². The van der Waals surface area contributed by atoms with Crippen molar-refractivity contribution in [1.82, 2.24) is 4.98 Å². The zero-order chi connectivity index (χ0) is 11.8. The van der Waals surface area contributed by atoms with Crippen molar-refractivity contribution >= 4 is 0 Å². The van der Waals surface area contributed by atoms with Crippen LogP contribution < -0.4 is 4.74 Å². The maximum atomic E-state index is 9.17. The summed E-state index contributed by atoms with van der Waals surface area (Å²) in [6, 6.07) is 8.22. The van der Waals surface area contributed by atoms with Crippen LogP contribution in [0.2, 0.25) is 0 Å². The van der Waals surface area contributed by atoms with Gasteiger partial charge < -0.3 is 14.8 Å². The first-order valence-corrected chi connectivity index (χ1v) is 5.80. The zero-order valence-electron chi connectivity index (χ0n) is 9.79. The van der Waals surface area contributed by atoms with Gasteiger partial charge in [0, 0.05) is 17.0 Å². The molecule has 3 rings (SSSR count). The number of aliphatic hydroxyl groups is 1. The number of H-pyrrole nitrogens is 1. The molecule has 2 N–H and O–H groups in total. The molecular weight excluding hydrogens is 214 g/mol. The summed E-state index contributed by atoms with van der Waals surface area (Å²) in [7, 11) is 1.69. The third-order valence-electron chi connectivity index (χ3n) is 3.37. The number of fused-ring (bicyclic) bond motifs is 3. The van der Waals surface area contributed by atoms with Crippen LogP contribution in [0.5, 0.6) is 5.75 Å². The van der Waals surface area contributed by atoms with Crippen molar-refractivity contribution in [1.29, 1.82) is 0 Å². The quantitative estimate of drug-likeness (QED) is 0.829. The van der Waals surface area contributed by atoms with Crippen molar-refractivity contribution in [2.24, 2.45) is 0 Å². The molecule has 1 aliphatic rings. The van der Waals surface area contributed by atoms with Gasteiger partial charge >= 0.3 is 0 Å². The number of aryl methyl sites for hydroxylation is 2. The number of ether oxygens (including phenoxy) is 1. The lowest BCUT2D eigenvalue weighted by molar-refractivity contribution is 0.277. The highest BCUT2D eigenvalue weighted by Crippen LogP contribution is 2.35. The molecule has 0 amide bonds. The third kappa shape index (κ3) is 1.63. The molecule has 0 saturated carbocycles. The maximum absolute atomic E-state index is 9.17. The van der Waals surface area contributed by atoms with Gasteiger partial charge in [-0.25, -0.2) is 0 Å². The van der Waals surface area contributed by atoms with E-state index < -0.39 is 0 Å². The average Bonchev–Trinajstić information content (AvgIpc) is 2.81. The molecule has 0 bridgehead atoms. The molecule has 0 atom stereocenters. The SMILES string of the molecule is COc1ccc2c(c1)CCc1cc(CO)[nH]c1-2. The van der Waals surface area contributed by atoms with Gasteiger partial charge in [-0.3, -0.25) is 0 Å². The van der Waals surface area contributed by atoms with Gasteiger partial charge in [-0.15, -0.1) is 0 Å². The Morgan fingerprint density at radius 2 is 2.06 bits per heavy atom. The van der Waals surface area contributed by atoms with Gasteiger partial charge in [-0.1, -0.05) is 0 Å². The summed E-state index contributed by atoms with van der Waals surface area (Å²) in [6.07, 6.45) is 2.05. The van der Waals surface area contributed by atoms with Crippen molar-refractivity contribution < 1.29 is 9.84 Å². The zero-order valence-corrected chi connectivity index (χ0v) is 9.79. The largest absolute Gasteiger partial charge is 0.497 e. The second-order valence-electron chi connectivity index (χ2n) is 4.38. The average molecular weight is 229 g/mol. The fraction of sp³-hybridized carbons (Fsp3) is 0.286. The van der Waals surface area contributed by atoms with Crippen molar-refractivity contribution in [3.63, 3.8) is 0 Å². The molecule has 1 aromatic carbocycles. The van der Waals surface area contributed by atoms with E-state index in [0.29, 0.717) is 0 Å². The van der Waals surface area contributed by atoms with E-state index in [-0.39, 0.29) is 6.61 Å². The van der Waals surface area contributed by atoms with Gasteiger partial charge in [0.2, 0.25) is 0 Å². The Kier molecular flexibility index (Phi) is 2.41. The summed E-state index contributed by atoms with van der Waals surface area (Å²) in [5, 5.41) is 9.17. The van der Waals surface area contributed by atoms with Crippen LogP contribution in [0.1, 0.15) is 16.8 Å². The minimum atomic E-state index is 0.0679. The van der Waals surface area contributed by atoms with Gasteiger partial charge in [0.25, 0.3) is 0 Å². The van der Waals surface area contributed by atoms with Crippen LogP contribution in [0.3, 0.4) is 0 Å². The predicted molar refractivity (Wildman–Crippen MR) is 66.1 cm³/mol. The van der Waals surface area contributed by atoms with E-state index in [4.69, 9.17) is 9.84 Å². The van der Waals surface area contributed by atoms with E-state index in [1.54, 1.807) is 7.11 Å². The fourth-order valence-corrected chi connectivity index (χ4v) is 2.50. The highest BCUT2D eigenvalue weighted by atomic mass is 16.5. The smallest absolute Gasteiger partial charge is 0.119 e. The molecule has 17 heavy (non-hydrogen) atoms. The second kappa shape index (κ2) is 3.93. The van der Waals surface area contributed by atoms with E-state index in [9.17, 15) is 0 Å². The summed E-state index contributed by atoms with van der Waals surface area (Å²) < 4.78 is 5.24. The fourth-order valence-electron chi connectivity index (χ4n) is 2.50. The van der Waals surface area contributed by atoms with Gasteiger partial charge in [-0.05, 0) is 48.2 Å². The maximum Gasteiger partial charge on any atom is 0.119 e. The highest BCUT2D eigenvalue weighted by Gasteiger charge is 2.18. The molecule has 0 aliphatic heterocycles. The number of aromatic nitrogens is 1. The van der Waals surface area contributed by atoms with E-state index in [1.165, 1.54) is 16.7 Å². The molecule has 0 fully saturated rings. The summed E-state index contributed by atoms with van der Waals surface area (Å²) in [5.41, 5.74) is 5.87. The lowest BCUT2D eigenvalue weighted by atomic mass is 9.90. The Morgan fingerprint density at radius 3 is 2.82 bits per heavy atom. The molecule has 0 saturated heterocycles.